The van der Waals surface area contributed by atoms with Crippen molar-refractivity contribution in [1.29, 1.82) is 0 Å². The third-order valence-electron chi connectivity index (χ3n) is 4.98. The predicted molar refractivity (Wildman–Crippen MR) is 87.1 cm³/mol. The van der Waals surface area contributed by atoms with E-state index in [0.29, 0.717) is 0 Å². The molecule has 0 aliphatic carbocycles. The minimum absolute atomic E-state index is 1.10. The Balaban J connectivity index is 2.25. The van der Waals surface area contributed by atoms with Crippen LogP contribution in [0.4, 0.5) is 0 Å². The average molecular weight is 272 g/mol. The van der Waals surface area contributed by atoms with Gasteiger partial charge in [0.15, 0.2) is 0 Å². The molecule has 2 nitrogen and oxygen atoms in total. The van der Waals surface area contributed by atoms with Gasteiger partial charge in [-0.15, -0.1) is 0 Å². The van der Waals surface area contributed by atoms with Gasteiger partial charge in [0.05, 0.1) is 11.2 Å². The number of fused-ring (bicyclic) bond motifs is 3. The number of benzene rings is 2. The van der Waals surface area contributed by atoms with Gasteiger partial charge in [-0.2, -0.15) is 0 Å². The third-order valence-corrected chi connectivity index (χ3v) is 4.98. The number of nitrogens with zero attached hydrogens (tertiary/aromatic N) is 2. The normalized spacial score (nSPS) is 13.8. The van der Waals surface area contributed by atoms with E-state index in [1.807, 2.05) is 0 Å². The van der Waals surface area contributed by atoms with Crippen LogP contribution < -0.4 is 0 Å². The second kappa shape index (κ2) is 3.64. The molecule has 102 valence electrons. The lowest BCUT2D eigenvalue weighted by molar-refractivity contribution is 0.860. The van der Waals surface area contributed by atoms with Crippen molar-refractivity contribution < 1.29 is 0 Å². The SMILES string of the molecule is Cc1ccc2c3ccccc3c3nc(C)c4n3c2c1CC4. The van der Waals surface area contributed by atoms with Crippen LogP contribution in [0, 0.1) is 13.8 Å². The quantitative estimate of drug-likeness (QED) is 0.435. The molecule has 0 bridgehead atoms. The van der Waals surface area contributed by atoms with Gasteiger partial charge in [0, 0.05) is 16.5 Å². The first-order valence-electron chi connectivity index (χ1n) is 7.56. The summed E-state index contributed by atoms with van der Waals surface area (Å²) < 4.78 is 2.42. The van der Waals surface area contributed by atoms with Gasteiger partial charge in [0.25, 0.3) is 0 Å². The lowest BCUT2D eigenvalue weighted by atomic mass is 9.93. The maximum atomic E-state index is 4.89. The number of hydrogen-bond acceptors (Lipinski definition) is 1. The summed E-state index contributed by atoms with van der Waals surface area (Å²) in [5, 5.41) is 3.94. The Morgan fingerprint density at radius 1 is 0.905 bits per heavy atom. The summed E-state index contributed by atoms with van der Waals surface area (Å²) in [6.07, 6.45) is 2.22. The Hall–Kier alpha value is -2.35. The van der Waals surface area contributed by atoms with Gasteiger partial charge in [0.2, 0.25) is 0 Å². The van der Waals surface area contributed by atoms with Crippen LogP contribution in [0.15, 0.2) is 36.4 Å². The number of aryl methyl sites for hydroxylation is 4. The van der Waals surface area contributed by atoms with Gasteiger partial charge < -0.3 is 0 Å². The second-order valence-electron chi connectivity index (χ2n) is 6.11. The summed E-state index contributed by atoms with van der Waals surface area (Å²) in [7, 11) is 0. The second-order valence-corrected chi connectivity index (χ2v) is 6.11. The van der Waals surface area contributed by atoms with Crippen molar-refractivity contribution in [2.45, 2.75) is 26.7 Å². The van der Waals surface area contributed by atoms with Gasteiger partial charge in [-0.1, -0.05) is 36.4 Å². The molecule has 1 aliphatic heterocycles. The maximum absolute atomic E-state index is 4.89. The fraction of sp³-hybridized carbons (Fsp3) is 0.211. The van der Waals surface area contributed by atoms with Gasteiger partial charge >= 0.3 is 0 Å². The van der Waals surface area contributed by atoms with E-state index in [9.17, 15) is 0 Å². The maximum Gasteiger partial charge on any atom is 0.145 e. The fourth-order valence-corrected chi connectivity index (χ4v) is 3.96. The van der Waals surface area contributed by atoms with E-state index < -0.39 is 0 Å². The number of imidazole rings is 1. The molecular weight excluding hydrogens is 256 g/mol. The molecule has 2 heteroatoms. The summed E-state index contributed by atoms with van der Waals surface area (Å²) in [5.41, 5.74) is 7.96. The minimum Gasteiger partial charge on any atom is -0.296 e. The van der Waals surface area contributed by atoms with Gasteiger partial charge in [0.1, 0.15) is 5.65 Å². The zero-order valence-electron chi connectivity index (χ0n) is 12.3. The molecule has 0 fully saturated rings. The van der Waals surface area contributed by atoms with Gasteiger partial charge in [-0.05, 0) is 43.2 Å². The molecule has 0 amide bonds. The van der Waals surface area contributed by atoms with E-state index in [2.05, 4.69) is 54.6 Å². The smallest absolute Gasteiger partial charge is 0.145 e. The zero-order chi connectivity index (χ0) is 14.1. The highest BCUT2D eigenvalue weighted by Gasteiger charge is 2.22. The first-order valence-corrected chi connectivity index (χ1v) is 7.56. The molecule has 2 aromatic carbocycles. The van der Waals surface area contributed by atoms with E-state index in [4.69, 9.17) is 4.98 Å². The highest BCUT2D eigenvalue weighted by atomic mass is 15.0. The zero-order valence-corrected chi connectivity index (χ0v) is 12.3. The molecule has 4 aromatic rings. The monoisotopic (exact) mass is 272 g/mol. The van der Waals surface area contributed by atoms with Crippen molar-refractivity contribution in [3.8, 4) is 0 Å². The van der Waals surface area contributed by atoms with Crippen molar-refractivity contribution in [3.05, 3.63) is 58.9 Å². The summed E-state index contributed by atoms with van der Waals surface area (Å²) >= 11 is 0. The molecule has 1 aliphatic rings. The molecular formula is C19H16N2. The van der Waals surface area contributed by atoms with Crippen LogP contribution in [-0.2, 0) is 12.8 Å². The molecule has 3 heterocycles. The fourth-order valence-electron chi connectivity index (χ4n) is 3.96. The van der Waals surface area contributed by atoms with Gasteiger partial charge in [-0.3, -0.25) is 4.40 Å². The highest BCUT2D eigenvalue weighted by molar-refractivity contribution is 6.13. The molecule has 0 saturated carbocycles. The Morgan fingerprint density at radius 3 is 2.57 bits per heavy atom. The van der Waals surface area contributed by atoms with E-state index >= 15 is 0 Å². The molecule has 0 saturated heterocycles. The Morgan fingerprint density at radius 2 is 1.71 bits per heavy atom. The van der Waals surface area contributed by atoms with Crippen molar-refractivity contribution in [3.63, 3.8) is 0 Å². The summed E-state index contributed by atoms with van der Waals surface area (Å²) in [5.74, 6) is 0. The molecule has 0 unspecified atom stereocenters. The topological polar surface area (TPSA) is 17.3 Å². The summed E-state index contributed by atoms with van der Waals surface area (Å²) in [6, 6.07) is 13.2. The molecule has 0 radical (unpaired) electrons. The standard InChI is InChI=1S/C19H16N2/c1-11-7-8-15-14-5-3-4-6-16(14)19-20-12(2)17-10-9-13(11)18(15)21(17)19/h3-8H,9-10H2,1-2H3. The van der Waals surface area contributed by atoms with Crippen LogP contribution in [0.25, 0.3) is 27.3 Å². The van der Waals surface area contributed by atoms with Crippen molar-refractivity contribution in [1.82, 2.24) is 9.38 Å². The van der Waals surface area contributed by atoms with Gasteiger partial charge in [-0.25, -0.2) is 4.98 Å². The van der Waals surface area contributed by atoms with Crippen molar-refractivity contribution in [2.24, 2.45) is 0 Å². The first kappa shape index (κ1) is 11.3. The lowest BCUT2D eigenvalue weighted by Gasteiger charge is -2.20. The third kappa shape index (κ3) is 1.26. The van der Waals surface area contributed by atoms with Crippen LogP contribution >= 0.6 is 0 Å². The Kier molecular flexibility index (Phi) is 1.96. The molecule has 2 aromatic heterocycles. The summed E-state index contributed by atoms with van der Waals surface area (Å²) in [6.45, 7) is 4.37. The van der Waals surface area contributed by atoms with Crippen LogP contribution in [0.2, 0.25) is 0 Å². The van der Waals surface area contributed by atoms with Crippen molar-refractivity contribution >= 4 is 27.3 Å². The minimum atomic E-state index is 1.10. The first-order chi connectivity index (χ1) is 10.3. The lowest BCUT2D eigenvalue weighted by Crippen LogP contribution is -2.09. The Bertz CT molecular complexity index is 1050. The molecule has 0 N–H and O–H groups in total. The highest BCUT2D eigenvalue weighted by Crippen LogP contribution is 2.36. The van der Waals surface area contributed by atoms with Crippen LogP contribution in [0.3, 0.4) is 0 Å². The van der Waals surface area contributed by atoms with E-state index in [0.717, 1.165) is 18.5 Å². The van der Waals surface area contributed by atoms with Crippen LogP contribution in [0.1, 0.15) is 22.5 Å². The van der Waals surface area contributed by atoms with E-state index in [1.165, 1.54) is 44.2 Å². The van der Waals surface area contributed by atoms with E-state index in [-0.39, 0.29) is 0 Å². The number of aromatic nitrogens is 2. The average Bonchev–Trinajstić information content (AvgIpc) is 2.86. The molecule has 0 spiro atoms. The van der Waals surface area contributed by atoms with Crippen LogP contribution in [0.5, 0.6) is 0 Å². The Labute approximate surface area is 123 Å². The largest absolute Gasteiger partial charge is 0.296 e. The van der Waals surface area contributed by atoms with Crippen LogP contribution in [-0.4, -0.2) is 9.38 Å². The molecule has 21 heavy (non-hydrogen) atoms. The summed E-state index contributed by atoms with van der Waals surface area (Å²) in [4.78, 5) is 4.89. The number of rotatable bonds is 0. The van der Waals surface area contributed by atoms with E-state index in [1.54, 1.807) is 0 Å². The predicted octanol–water partition coefficient (Wildman–Crippen LogP) is 4.36. The molecule has 5 rings (SSSR count). The molecule has 0 atom stereocenters. The number of pyridine rings is 1. The number of hydrogen-bond donors (Lipinski definition) is 0. The van der Waals surface area contributed by atoms with Crippen molar-refractivity contribution in [2.75, 3.05) is 0 Å².